The quantitative estimate of drug-likeness (QED) is 0.00901. The maximum atomic E-state index is 12.7. The number of nitrogens with zero attached hydrogens (tertiary/aromatic N) is 7. The third-order valence-electron chi connectivity index (χ3n) is 11.8. The van der Waals surface area contributed by atoms with Crippen molar-refractivity contribution in [2.24, 2.45) is 16.6 Å². The zero-order valence-electron chi connectivity index (χ0n) is 39.7. The number of aryl methyl sites for hydroxylation is 1. The van der Waals surface area contributed by atoms with E-state index in [2.05, 4.69) is 35.8 Å². The van der Waals surface area contributed by atoms with Gasteiger partial charge in [-0.3, -0.25) is 19.7 Å². The van der Waals surface area contributed by atoms with E-state index in [-0.39, 0.29) is 31.2 Å². The fraction of sp³-hybridized carbons (Fsp3) is 0.543. The van der Waals surface area contributed by atoms with E-state index in [0.717, 1.165) is 50.1 Å². The van der Waals surface area contributed by atoms with E-state index < -0.39 is 32.1 Å². The first-order chi connectivity index (χ1) is 33.5. The molecule has 23 heteroatoms. The molecule has 4 aromatic rings. The van der Waals surface area contributed by atoms with Crippen LogP contribution in [0.1, 0.15) is 56.5 Å². The second-order valence-electron chi connectivity index (χ2n) is 16.3. The van der Waals surface area contributed by atoms with Crippen molar-refractivity contribution in [2.45, 2.75) is 63.9 Å². The van der Waals surface area contributed by atoms with Gasteiger partial charge in [-0.15, -0.1) is 5.10 Å². The fourth-order valence-corrected chi connectivity index (χ4v) is 8.96. The zero-order chi connectivity index (χ0) is 49.4. The van der Waals surface area contributed by atoms with Gasteiger partial charge < -0.3 is 69.0 Å². The van der Waals surface area contributed by atoms with E-state index in [0.29, 0.717) is 106 Å². The molecule has 3 atom stereocenters. The van der Waals surface area contributed by atoms with Gasteiger partial charge in [-0.05, 0) is 43.5 Å². The lowest BCUT2D eigenvalue weighted by Gasteiger charge is -2.40. The Balaban J connectivity index is 0.887. The largest absolute Gasteiger partial charge is 0.496 e. The zero-order valence-corrected chi connectivity index (χ0v) is 40.6. The van der Waals surface area contributed by atoms with Crippen LogP contribution in [0, 0.1) is 11.3 Å². The number of fused-ring (bicyclic) bond motifs is 1. The highest BCUT2D eigenvalue weighted by Crippen LogP contribution is 2.52. The number of ether oxygens (including phenoxy) is 6. The minimum absolute atomic E-state index is 0.0628. The normalized spacial score (nSPS) is 15.3. The number of benzene rings is 1. The Morgan fingerprint density at radius 3 is 2.41 bits per heavy atom. The maximum Gasteiger partial charge on any atom is 0.220 e. The number of carbonyl (C=O) groups excluding carboxylic acids is 2. The lowest BCUT2D eigenvalue weighted by molar-refractivity contribution is -0.122. The lowest BCUT2D eigenvalue weighted by Crippen LogP contribution is -2.49. The number of allylic oxidation sites excluding steroid dienone is 1. The van der Waals surface area contributed by atoms with Crippen LogP contribution in [-0.4, -0.2) is 168 Å². The second kappa shape index (κ2) is 28.9. The number of aromatic nitrogens is 5. The standard InChI is InChI=1S/C46H68N11O11P/c1-4-46(69(61)62,34(2)45(48)50-33-47)27-37(31-59)51-44(60)6-5-12-57-28-38(53-54-57)32-67-21-20-65-17-16-64-18-19-66-22-23-68-40-9-13-56-29-41(52-43(56)26-40)36(30-58)24-35-7-8-39(25-42(35)63-3)55-14-10-49-11-15-55/h7-9,13,24-26,28-30,33-34,37,49,59,61-62H,4-6,10-12,14-23,27,31-32H2,1-3H3,(H,51,60)(H3,47,48,50)/b36-24+. The molecule has 8 N–H and O–H groups in total. The Kier molecular flexibility index (Phi) is 22.9. The molecule has 5 rings (SSSR count). The summed E-state index contributed by atoms with van der Waals surface area (Å²) in [7, 11) is -0.889. The number of nitrogens with one attached hydrogen (secondary N) is 3. The van der Waals surface area contributed by atoms with Gasteiger partial charge in [0.15, 0.2) is 14.7 Å². The minimum atomic E-state index is -2.52. The van der Waals surface area contributed by atoms with Gasteiger partial charge in [-0.25, -0.2) is 9.98 Å². The number of methoxy groups -OCH3 is 1. The molecule has 0 bridgehead atoms. The number of carbonyl (C=O) groups is 2. The molecule has 3 unspecified atom stereocenters. The predicted octanol–water partition coefficient (Wildman–Crippen LogP) is 2.42. The summed E-state index contributed by atoms with van der Waals surface area (Å²) in [6.45, 7) is 10.5. The number of rotatable bonds is 33. The maximum absolute atomic E-state index is 12.7. The number of aldehydes is 1. The molecule has 4 heterocycles. The molecule has 378 valence electrons. The molecule has 0 aliphatic carbocycles. The number of pyridine rings is 1. The van der Waals surface area contributed by atoms with Gasteiger partial charge in [0.05, 0.1) is 89.7 Å². The minimum Gasteiger partial charge on any atom is -0.496 e. The highest BCUT2D eigenvalue weighted by Gasteiger charge is 2.45. The molecule has 1 fully saturated rings. The van der Waals surface area contributed by atoms with Crippen LogP contribution in [-0.2, 0) is 41.7 Å². The van der Waals surface area contributed by atoms with E-state index in [1.807, 2.05) is 47.1 Å². The van der Waals surface area contributed by atoms with Crippen molar-refractivity contribution in [2.75, 3.05) is 97.7 Å². The average Bonchev–Trinajstić information content (AvgIpc) is 4.01. The first-order valence-electron chi connectivity index (χ1n) is 23.1. The highest BCUT2D eigenvalue weighted by molar-refractivity contribution is 7.47. The van der Waals surface area contributed by atoms with E-state index in [1.54, 1.807) is 37.9 Å². The van der Waals surface area contributed by atoms with E-state index in [1.165, 1.54) is 0 Å². The number of nitrogens with two attached hydrogens (primary N) is 1. The summed E-state index contributed by atoms with van der Waals surface area (Å²) in [6.07, 6.45) is 9.73. The molecular weight excluding hydrogens is 914 g/mol. The number of hydrogen-bond acceptors (Lipinski definition) is 17. The summed E-state index contributed by atoms with van der Waals surface area (Å²) in [5.74, 6) is 0.471. The van der Waals surface area contributed by atoms with Crippen LogP contribution in [0.5, 0.6) is 11.5 Å². The Morgan fingerprint density at radius 1 is 1.04 bits per heavy atom. The lowest BCUT2D eigenvalue weighted by atomic mass is 9.84. The van der Waals surface area contributed by atoms with Crippen LogP contribution in [0.25, 0.3) is 17.3 Å². The molecule has 1 amide bonds. The van der Waals surface area contributed by atoms with Crippen LogP contribution in [0.3, 0.4) is 0 Å². The van der Waals surface area contributed by atoms with Gasteiger partial charge in [-0.1, -0.05) is 19.1 Å². The van der Waals surface area contributed by atoms with Gasteiger partial charge in [-0.2, -0.15) is 0 Å². The molecule has 0 radical (unpaired) electrons. The molecular formula is C46H68N11O11P. The summed E-state index contributed by atoms with van der Waals surface area (Å²) >= 11 is 0. The predicted molar refractivity (Wildman–Crippen MR) is 262 cm³/mol. The summed E-state index contributed by atoms with van der Waals surface area (Å²) in [4.78, 5) is 56.4. The monoisotopic (exact) mass is 981 g/mol. The average molecular weight is 982 g/mol. The third kappa shape index (κ3) is 16.6. The Labute approximate surface area is 403 Å². The molecule has 1 aromatic carbocycles. The van der Waals surface area contributed by atoms with Crippen LogP contribution in [0.15, 0.2) is 53.9 Å². The third-order valence-corrected chi connectivity index (χ3v) is 13.4. The number of piperazine rings is 1. The Hall–Kier alpha value is -5.42. The molecule has 1 aliphatic heterocycles. The van der Waals surface area contributed by atoms with E-state index in [4.69, 9.17) is 39.6 Å². The number of amidine groups is 1. The van der Waals surface area contributed by atoms with Crippen molar-refractivity contribution in [1.29, 1.82) is 5.41 Å². The molecule has 0 saturated carbocycles. The summed E-state index contributed by atoms with van der Waals surface area (Å²) < 4.78 is 37.5. The van der Waals surface area contributed by atoms with Gasteiger partial charge in [0, 0.05) is 86.4 Å². The first kappa shape index (κ1) is 54.5. The number of hydrogen-bond donors (Lipinski definition) is 7. The Morgan fingerprint density at radius 2 is 1.75 bits per heavy atom. The van der Waals surface area contributed by atoms with Crippen LogP contribution in [0.4, 0.5) is 5.69 Å². The van der Waals surface area contributed by atoms with Crippen molar-refractivity contribution >= 4 is 55.7 Å². The van der Waals surface area contributed by atoms with E-state index >= 15 is 0 Å². The number of imidazole rings is 1. The molecule has 1 aliphatic rings. The van der Waals surface area contributed by atoms with Gasteiger partial charge in [0.2, 0.25) is 5.91 Å². The second-order valence-corrected chi connectivity index (χ2v) is 17.7. The van der Waals surface area contributed by atoms with Crippen LogP contribution >= 0.6 is 8.38 Å². The van der Waals surface area contributed by atoms with Crippen molar-refractivity contribution in [3.63, 3.8) is 0 Å². The Bertz CT molecular complexity index is 2270. The van der Waals surface area contributed by atoms with Crippen molar-refractivity contribution in [3.8, 4) is 11.5 Å². The van der Waals surface area contributed by atoms with Gasteiger partial charge in [0.1, 0.15) is 41.6 Å². The van der Waals surface area contributed by atoms with Crippen LogP contribution in [0.2, 0.25) is 0 Å². The number of amides is 1. The number of aliphatic hydroxyl groups excluding tert-OH is 1. The number of aliphatic hydroxyl groups is 1. The van der Waals surface area contributed by atoms with E-state index in [9.17, 15) is 24.5 Å². The van der Waals surface area contributed by atoms with Crippen molar-refractivity contribution < 1.29 is 52.9 Å². The molecule has 0 spiro atoms. The summed E-state index contributed by atoms with van der Waals surface area (Å²) in [5.41, 5.74) is 10.1. The number of aliphatic imine (C=N–C) groups is 1. The topological polar surface area (TPSA) is 288 Å². The SMILES string of the molecule is CCC(CC(CO)NC(=O)CCCn1cc(COCCOCCOCCOCCOc2ccn3cc(/C(C=O)=C/c4ccc(N5CCNCC5)cc4OC)nc3c2)nn1)(C(C)/C(N)=N\C=N)P(O)O. The number of anilines is 1. The first-order valence-corrected chi connectivity index (χ1v) is 24.3. The van der Waals surface area contributed by atoms with Gasteiger partial charge >= 0.3 is 0 Å². The molecule has 3 aromatic heterocycles. The molecule has 22 nitrogen and oxygen atoms in total. The molecule has 69 heavy (non-hydrogen) atoms. The van der Waals surface area contributed by atoms with Crippen molar-refractivity contribution in [1.82, 2.24) is 35.0 Å². The molecule has 1 saturated heterocycles. The fourth-order valence-electron chi connectivity index (χ4n) is 7.81. The van der Waals surface area contributed by atoms with Crippen LogP contribution < -0.4 is 30.7 Å². The summed E-state index contributed by atoms with van der Waals surface area (Å²) in [5, 5.41) is 30.4. The van der Waals surface area contributed by atoms with Gasteiger partial charge in [0.25, 0.3) is 0 Å². The smallest absolute Gasteiger partial charge is 0.220 e. The highest BCUT2D eigenvalue weighted by atomic mass is 31.2. The van der Waals surface area contributed by atoms with Crippen molar-refractivity contribution in [3.05, 3.63) is 65.9 Å². The summed E-state index contributed by atoms with van der Waals surface area (Å²) in [6, 6.07) is 8.92.